The Morgan fingerprint density at radius 3 is 2.42 bits per heavy atom. The first kappa shape index (κ1) is 21.7. The lowest BCUT2D eigenvalue weighted by Gasteiger charge is -2.43. The molecule has 6 nitrogen and oxygen atoms in total. The second kappa shape index (κ2) is 6.76. The summed E-state index contributed by atoms with van der Waals surface area (Å²) in [7, 11) is -3.63. The maximum atomic E-state index is 13.0. The maximum absolute atomic E-state index is 13.0. The minimum atomic E-state index is -3.63. The Kier molecular flexibility index (Phi) is 5.63. The highest BCUT2D eigenvalue weighted by atomic mass is 79.9. The third-order valence-electron chi connectivity index (χ3n) is 3.98. The molecule has 0 spiro atoms. The van der Waals surface area contributed by atoms with Crippen molar-refractivity contribution in [3.05, 3.63) is 19.8 Å². The van der Waals surface area contributed by atoms with Crippen LogP contribution in [0.15, 0.2) is 14.8 Å². The Balaban J connectivity index is 2.53. The summed E-state index contributed by atoms with van der Waals surface area (Å²) in [5.74, 6) is -0.131. The van der Waals surface area contributed by atoms with Crippen LogP contribution in [-0.4, -0.2) is 36.4 Å². The zero-order chi connectivity index (χ0) is 20.1. The van der Waals surface area contributed by atoms with Gasteiger partial charge in [0.25, 0.3) is 0 Å². The number of hydrogen-bond acceptors (Lipinski definition) is 5. The molecule has 1 aromatic heterocycles. The Bertz CT molecular complexity index is 871. The van der Waals surface area contributed by atoms with E-state index in [1.54, 1.807) is 33.8 Å². The second-order valence-corrected chi connectivity index (χ2v) is 13.3. The number of aliphatic imine (C=N–C) groups is 1. The predicted octanol–water partition coefficient (Wildman–Crippen LogP) is 4.51. The molecule has 1 fully saturated rings. The van der Waals surface area contributed by atoms with Gasteiger partial charge in [0, 0.05) is 0 Å². The number of amidine groups is 1. The molecule has 2 heterocycles. The number of nitrogens with one attached hydrogen (secondary N) is 1. The molecule has 0 bridgehead atoms. The van der Waals surface area contributed by atoms with Crippen molar-refractivity contribution in [1.29, 1.82) is 0 Å². The van der Waals surface area contributed by atoms with Gasteiger partial charge in [0.2, 0.25) is 0 Å². The van der Waals surface area contributed by atoms with Crippen molar-refractivity contribution in [1.82, 2.24) is 5.32 Å². The lowest BCUT2D eigenvalue weighted by atomic mass is 10.00. The Hall–Kier alpha value is -0.640. The number of carbonyl (C=O) groups is 1. The fraction of sp³-hybridized carbons (Fsp3) is 0.625. The third-order valence-corrected chi connectivity index (χ3v) is 8.99. The normalized spacial score (nSPS) is 26.4. The molecule has 1 atom stereocenters. The molecule has 2 rings (SSSR count). The van der Waals surface area contributed by atoms with Gasteiger partial charge < -0.3 is 10.1 Å². The quantitative estimate of drug-likeness (QED) is 0.632. The van der Waals surface area contributed by atoms with Crippen molar-refractivity contribution in [3.8, 4) is 0 Å². The standard InChI is InChI=1S/C16H22BrClN2O4S2/c1-14(2,3)24-13(21)19-12-15(4,5)26(22,23)8-16(6,20-12)11-9(18)7-10(17)25-11/h7H,8H2,1-6H3,(H,19,20,21)/t16-/m0/s1. The zero-order valence-electron chi connectivity index (χ0n) is 15.4. The lowest BCUT2D eigenvalue weighted by Crippen LogP contribution is -2.64. The van der Waals surface area contributed by atoms with Crippen molar-refractivity contribution in [3.63, 3.8) is 0 Å². The molecule has 1 aliphatic rings. The molecule has 0 aliphatic carbocycles. The van der Waals surface area contributed by atoms with Gasteiger partial charge in [0.05, 0.1) is 25.0 Å². The topological polar surface area (TPSA) is 84.8 Å². The van der Waals surface area contributed by atoms with Crippen LogP contribution < -0.4 is 5.32 Å². The number of amides is 1. The highest BCUT2D eigenvalue weighted by Crippen LogP contribution is 2.42. The second-order valence-electron chi connectivity index (χ2n) is 7.89. The number of ether oxygens (including phenoxy) is 1. The van der Waals surface area contributed by atoms with Crippen LogP contribution in [0.25, 0.3) is 0 Å². The number of rotatable bonds is 1. The summed E-state index contributed by atoms with van der Waals surface area (Å²) in [6.45, 7) is 9.92. The molecule has 1 N–H and O–H groups in total. The van der Waals surface area contributed by atoms with E-state index in [9.17, 15) is 13.2 Å². The lowest BCUT2D eigenvalue weighted by molar-refractivity contribution is 0.0602. The van der Waals surface area contributed by atoms with Gasteiger partial charge in [-0.25, -0.2) is 13.2 Å². The van der Waals surface area contributed by atoms with Gasteiger partial charge in [0.15, 0.2) is 9.84 Å². The zero-order valence-corrected chi connectivity index (χ0v) is 19.4. The molecule has 0 aromatic carbocycles. The fourth-order valence-corrected chi connectivity index (χ4v) is 6.57. The van der Waals surface area contributed by atoms with Gasteiger partial charge in [0.1, 0.15) is 16.2 Å². The minimum absolute atomic E-state index is 0.0427. The molecule has 1 amide bonds. The van der Waals surface area contributed by atoms with Crippen LogP contribution in [0.1, 0.15) is 46.4 Å². The SMILES string of the molecule is CC(C)(C)OC(=O)/N=C1\N[C@](C)(c2sc(Br)cc2Cl)CS(=O)(=O)C1(C)C. The Labute approximate surface area is 171 Å². The molecule has 1 saturated heterocycles. The van der Waals surface area contributed by atoms with Crippen LogP contribution >= 0.6 is 38.9 Å². The number of sulfone groups is 1. The molecule has 0 saturated carbocycles. The van der Waals surface area contributed by atoms with E-state index in [1.165, 1.54) is 25.2 Å². The van der Waals surface area contributed by atoms with E-state index in [0.29, 0.717) is 9.90 Å². The third kappa shape index (κ3) is 4.26. The van der Waals surface area contributed by atoms with E-state index in [2.05, 4.69) is 26.2 Å². The van der Waals surface area contributed by atoms with Crippen molar-refractivity contribution >= 4 is 60.6 Å². The molecular formula is C16H22BrClN2O4S2. The predicted molar refractivity (Wildman–Crippen MR) is 109 cm³/mol. The van der Waals surface area contributed by atoms with Gasteiger partial charge in [-0.2, -0.15) is 4.99 Å². The summed E-state index contributed by atoms with van der Waals surface area (Å²) in [4.78, 5) is 16.8. The molecule has 0 unspecified atom stereocenters. The molecular weight excluding hydrogens is 464 g/mol. The summed E-state index contributed by atoms with van der Waals surface area (Å²) in [6, 6.07) is 1.71. The largest absolute Gasteiger partial charge is 0.442 e. The fourth-order valence-electron chi connectivity index (χ4n) is 2.53. The number of thiophene rings is 1. The molecule has 1 aliphatic heterocycles. The highest BCUT2D eigenvalue weighted by molar-refractivity contribution is 9.11. The van der Waals surface area contributed by atoms with Crippen molar-refractivity contribution in [2.75, 3.05) is 5.75 Å². The summed E-state index contributed by atoms with van der Waals surface area (Å²) in [5.41, 5.74) is -1.74. The van der Waals surface area contributed by atoms with E-state index < -0.39 is 31.8 Å². The summed E-state index contributed by atoms with van der Waals surface area (Å²) in [6.07, 6.45) is -0.842. The van der Waals surface area contributed by atoms with Gasteiger partial charge in [-0.1, -0.05) is 11.6 Å². The molecule has 146 valence electrons. The van der Waals surface area contributed by atoms with E-state index in [1.807, 2.05) is 0 Å². The van der Waals surface area contributed by atoms with Gasteiger partial charge in [-0.3, -0.25) is 0 Å². The van der Waals surface area contributed by atoms with E-state index in [-0.39, 0.29) is 11.6 Å². The number of nitrogens with zero attached hydrogens (tertiary/aromatic N) is 1. The van der Waals surface area contributed by atoms with E-state index in [4.69, 9.17) is 16.3 Å². The maximum Gasteiger partial charge on any atom is 0.435 e. The van der Waals surface area contributed by atoms with Crippen LogP contribution in [0.4, 0.5) is 4.79 Å². The number of halogens is 2. The summed E-state index contributed by atoms with van der Waals surface area (Å²) >= 11 is 11.0. The first-order valence-corrected chi connectivity index (χ1v) is 11.5. The smallest absolute Gasteiger partial charge is 0.435 e. The van der Waals surface area contributed by atoms with E-state index in [0.717, 1.165) is 3.79 Å². The first-order valence-electron chi connectivity index (χ1n) is 7.85. The average molecular weight is 486 g/mol. The first-order chi connectivity index (χ1) is 11.6. The summed E-state index contributed by atoms with van der Waals surface area (Å²) < 4.78 is 30.6. The highest BCUT2D eigenvalue weighted by Gasteiger charge is 2.52. The Morgan fingerprint density at radius 1 is 1.38 bits per heavy atom. The van der Waals surface area contributed by atoms with Gasteiger partial charge in [-0.15, -0.1) is 11.3 Å². The summed E-state index contributed by atoms with van der Waals surface area (Å²) in [5, 5.41) is 3.59. The van der Waals surface area contributed by atoms with Gasteiger partial charge >= 0.3 is 6.09 Å². The van der Waals surface area contributed by atoms with Crippen molar-refractivity contribution < 1.29 is 17.9 Å². The molecule has 10 heteroatoms. The average Bonchev–Trinajstić information content (AvgIpc) is 2.73. The molecule has 26 heavy (non-hydrogen) atoms. The van der Waals surface area contributed by atoms with Crippen molar-refractivity contribution in [2.24, 2.45) is 4.99 Å². The van der Waals surface area contributed by atoms with Gasteiger partial charge in [-0.05, 0) is 63.5 Å². The van der Waals surface area contributed by atoms with Crippen molar-refractivity contribution in [2.45, 2.75) is 57.4 Å². The van der Waals surface area contributed by atoms with Crippen LogP contribution in [0.3, 0.4) is 0 Å². The number of carbonyl (C=O) groups excluding carboxylic acids is 1. The molecule has 1 aromatic rings. The van der Waals surface area contributed by atoms with Crippen LogP contribution in [0.2, 0.25) is 5.02 Å². The van der Waals surface area contributed by atoms with Crippen LogP contribution in [-0.2, 0) is 20.1 Å². The van der Waals surface area contributed by atoms with Crippen LogP contribution in [0, 0.1) is 0 Å². The molecule has 0 radical (unpaired) electrons. The number of hydrogen-bond donors (Lipinski definition) is 1. The van der Waals surface area contributed by atoms with E-state index >= 15 is 0 Å². The Morgan fingerprint density at radius 2 is 1.96 bits per heavy atom. The van der Waals surface area contributed by atoms with Crippen LogP contribution in [0.5, 0.6) is 0 Å². The monoisotopic (exact) mass is 484 g/mol. The minimum Gasteiger partial charge on any atom is -0.442 e.